The van der Waals surface area contributed by atoms with E-state index in [1.54, 1.807) is 0 Å². The van der Waals surface area contributed by atoms with Gasteiger partial charge >= 0.3 is 0 Å². The number of benzene rings is 2. The molecular formula is C17H18BrN. The zero-order chi connectivity index (χ0) is 13.4. The Labute approximate surface area is 123 Å². The average molecular weight is 316 g/mol. The van der Waals surface area contributed by atoms with Crippen molar-refractivity contribution in [3.63, 3.8) is 0 Å². The lowest BCUT2D eigenvalue weighted by Gasteiger charge is -2.17. The third-order valence-electron chi connectivity index (χ3n) is 4.13. The number of halogens is 1. The van der Waals surface area contributed by atoms with E-state index in [1.807, 2.05) is 0 Å². The molecule has 0 bridgehead atoms. The highest BCUT2D eigenvalue weighted by Crippen LogP contribution is 2.30. The van der Waals surface area contributed by atoms with E-state index < -0.39 is 0 Å². The van der Waals surface area contributed by atoms with Crippen LogP contribution in [0.3, 0.4) is 0 Å². The van der Waals surface area contributed by atoms with Gasteiger partial charge in [0.05, 0.1) is 6.04 Å². The Kier molecular flexibility index (Phi) is 3.46. The molecule has 1 nitrogen and oxygen atoms in total. The fourth-order valence-corrected chi connectivity index (χ4v) is 3.31. The summed E-state index contributed by atoms with van der Waals surface area (Å²) >= 11 is 3.58. The van der Waals surface area contributed by atoms with Gasteiger partial charge in [0.1, 0.15) is 0 Å². The Balaban J connectivity index is 2.00. The standard InChI is InChI=1S/C17H18BrN/c1-11-15(6-3-7-16(11)18)17(19)14-9-8-12-4-2-5-13(12)10-14/h3,6-10,17H,2,4-5,19H2,1H3. The molecule has 0 amide bonds. The number of rotatable bonds is 2. The molecule has 0 saturated carbocycles. The monoisotopic (exact) mass is 315 g/mol. The van der Waals surface area contributed by atoms with Gasteiger partial charge in [-0.05, 0) is 60.1 Å². The highest BCUT2D eigenvalue weighted by molar-refractivity contribution is 9.10. The first-order valence-electron chi connectivity index (χ1n) is 6.79. The van der Waals surface area contributed by atoms with Gasteiger partial charge in [0.15, 0.2) is 0 Å². The van der Waals surface area contributed by atoms with E-state index in [0.717, 1.165) is 4.47 Å². The van der Waals surface area contributed by atoms with Gasteiger partial charge in [-0.15, -0.1) is 0 Å². The molecule has 19 heavy (non-hydrogen) atoms. The molecule has 1 unspecified atom stereocenters. The second-order valence-corrected chi connectivity index (χ2v) is 6.17. The summed E-state index contributed by atoms with van der Waals surface area (Å²) in [7, 11) is 0. The van der Waals surface area contributed by atoms with Crippen LogP contribution in [0.5, 0.6) is 0 Å². The van der Waals surface area contributed by atoms with Gasteiger partial charge in [0.2, 0.25) is 0 Å². The maximum Gasteiger partial charge on any atom is 0.0554 e. The van der Waals surface area contributed by atoms with E-state index in [0.29, 0.717) is 0 Å². The molecule has 2 heteroatoms. The molecule has 2 aromatic carbocycles. The van der Waals surface area contributed by atoms with Crippen molar-refractivity contribution in [3.8, 4) is 0 Å². The van der Waals surface area contributed by atoms with Crippen molar-refractivity contribution in [2.24, 2.45) is 5.73 Å². The van der Waals surface area contributed by atoms with Crippen LogP contribution < -0.4 is 5.73 Å². The average Bonchev–Trinajstić information content (AvgIpc) is 2.88. The van der Waals surface area contributed by atoms with E-state index >= 15 is 0 Å². The molecule has 0 aromatic heterocycles. The first-order chi connectivity index (χ1) is 9.16. The molecule has 0 fully saturated rings. The molecule has 2 N–H and O–H groups in total. The van der Waals surface area contributed by atoms with Crippen molar-refractivity contribution in [1.29, 1.82) is 0 Å². The number of aryl methyl sites for hydroxylation is 2. The van der Waals surface area contributed by atoms with E-state index in [9.17, 15) is 0 Å². The molecule has 1 aliphatic rings. The fraction of sp³-hybridized carbons (Fsp3) is 0.294. The molecule has 0 aliphatic heterocycles. The van der Waals surface area contributed by atoms with Crippen LogP contribution in [0.25, 0.3) is 0 Å². The Bertz CT molecular complexity index is 619. The second kappa shape index (κ2) is 5.10. The summed E-state index contributed by atoms with van der Waals surface area (Å²) < 4.78 is 1.13. The molecule has 0 spiro atoms. The molecule has 2 aromatic rings. The van der Waals surface area contributed by atoms with Crippen molar-refractivity contribution < 1.29 is 0 Å². The third-order valence-corrected chi connectivity index (χ3v) is 4.99. The van der Waals surface area contributed by atoms with Crippen molar-refractivity contribution in [1.82, 2.24) is 0 Å². The maximum atomic E-state index is 6.46. The molecule has 0 radical (unpaired) electrons. The van der Waals surface area contributed by atoms with E-state index in [4.69, 9.17) is 5.73 Å². The zero-order valence-electron chi connectivity index (χ0n) is 11.1. The van der Waals surface area contributed by atoms with Gasteiger partial charge in [-0.2, -0.15) is 0 Å². The largest absolute Gasteiger partial charge is 0.320 e. The number of fused-ring (bicyclic) bond motifs is 1. The van der Waals surface area contributed by atoms with Gasteiger partial charge in [-0.25, -0.2) is 0 Å². The first-order valence-corrected chi connectivity index (χ1v) is 7.58. The number of hydrogen-bond acceptors (Lipinski definition) is 1. The number of nitrogens with two attached hydrogens (primary N) is 1. The lowest BCUT2D eigenvalue weighted by Crippen LogP contribution is -2.13. The minimum Gasteiger partial charge on any atom is -0.320 e. The summed E-state index contributed by atoms with van der Waals surface area (Å²) in [5, 5.41) is 0. The van der Waals surface area contributed by atoms with Crippen LogP contribution in [-0.2, 0) is 12.8 Å². The first kappa shape index (κ1) is 12.9. The van der Waals surface area contributed by atoms with E-state index in [2.05, 4.69) is 59.3 Å². The zero-order valence-corrected chi connectivity index (χ0v) is 12.7. The highest BCUT2D eigenvalue weighted by Gasteiger charge is 2.16. The maximum absolute atomic E-state index is 6.46. The molecule has 1 atom stereocenters. The SMILES string of the molecule is Cc1c(Br)cccc1C(N)c1ccc2c(c1)CCC2. The van der Waals surface area contributed by atoms with Crippen LogP contribution in [0.4, 0.5) is 0 Å². The minimum atomic E-state index is -0.0385. The minimum absolute atomic E-state index is 0.0385. The highest BCUT2D eigenvalue weighted by atomic mass is 79.9. The van der Waals surface area contributed by atoms with Gasteiger partial charge in [-0.3, -0.25) is 0 Å². The fourth-order valence-electron chi connectivity index (χ4n) is 2.93. The summed E-state index contributed by atoms with van der Waals surface area (Å²) in [4.78, 5) is 0. The Morgan fingerprint density at radius 3 is 2.74 bits per heavy atom. The van der Waals surface area contributed by atoms with Crippen LogP contribution in [-0.4, -0.2) is 0 Å². The van der Waals surface area contributed by atoms with Crippen LogP contribution in [0, 0.1) is 6.92 Å². The normalized spacial score (nSPS) is 15.3. The summed E-state index contributed by atoms with van der Waals surface area (Å²) in [6.07, 6.45) is 3.71. The summed E-state index contributed by atoms with van der Waals surface area (Å²) in [5.41, 5.74) is 13.1. The predicted octanol–water partition coefficient (Wildman–Crippen LogP) is 4.29. The number of hydrogen-bond donors (Lipinski definition) is 1. The van der Waals surface area contributed by atoms with Crippen molar-refractivity contribution in [2.75, 3.05) is 0 Å². The lowest BCUT2D eigenvalue weighted by atomic mass is 9.94. The van der Waals surface area contributed by atoms with Crippen molar-refractivity contribution in [3.05, 3.63) is 68.7 Å². The predicted molar refractivity (Wildman–Crippen MR) is 83.4 cm³/mol. The van der Waals surface area contributed by atoms with Gasteiger partial charge in [0, 0.05) is 4.47 Å². The lowest BCUT2D eigenvalue weighted by molar-refractivity contribution is 0.856. The van der Waals surface area contributed by atoms with Crippen LogP contribution in [0.15, 0.2) is 40.9 Å². The topological polar surface area (TPSA) is 26.0 Å². The second-order valence-electron chi connectivity index (χ2n) is 5.31. The quantitative estimate of drug-likeness (QED) is 0.878. The summed E-state index contributed by atoms with van der Waals surface area (Å²) in [5.74, 6) is 0. The molecule has 0 saturated heterocycles. The van der Waals surface area contributed by atoms with Crippen LogP contribution in [0.2, 0.25) is 0 Å². The Hall–Kier alpha value is -1.12. The van der Waals surface area contributed by atoms with Gasteiger partial charge in [0.25, 0.3) is 0 Å². The smallest absolute Gasteiger partial charge is 0.0554 e. The van der Waals surface area contributed by atoms with Crippen LogP contribution >= 0.6 is 15.9 Å². The summed E-state index contributed by atoms with van der Waals surface area (Å²) in [6.45, 7) is 2.12. The molecule has 1 aliphatic carbocycles. The Morgan fingerprint density at radius 1 is 1.11 bits per heavy atom. The Morgan fingerprint density at radius 2 is 1.89 bits per heavy atom. The molecule has 3 rings (SSSR count). The molecule has 98 valence electrons. The van der Waals surface area contributed by atoms with E-state index in [1.165, 1.54) is 47.1 Å². The third kappa shape index (κ3) is 2.35. The van der Waals surface area contributed by atoms with Crippen LogP contribution in [0.1, 0.15) is 40.3 Å². The summed E-state index contributed by atoms with van der Waals surface area (Å²) in [6, 6.07) is 12.9. The van der Waals surface area contributed by atoms with Gasteiger partial charge < -0.3 is 5.73 Å². The van der Waals surface area contributed by atoms with Gasteiger partial charge in [-0.1, -0.05) is 46.3 Å². The van der Waals surface area contributed by atoms with Crippen molar-refractivity contribution >= 4 is 15.9 Å². The van der Waals surface area contributed by atoms with Crippen molar-refractivity contribution in [2.45, 2.75) is 32.2 Å². The molecular weight excluding hydrogens is 298 g/mol. The molecule has 0 heterocycles. The van der Waals surface area contributed by atoms with E-state index in [-0.39, 0.29) is 6.04 Å².